The quantitative estimate of drug-likeness (QED) is 0.928. The lowest BCUT2D eigenvalue weighted by atomic mass is 9.95. The van der Waals surface area contributed by atoms with Crippen molar-refractivity contribution in [3.8, 4) is 0 Å². The average Bonchev–Trinajstić information content (AvgIpc) is 3.24. The molecule has 1 heterocycles. The largest absolute Gasteiger partial charge is 0.329 e. The van der Waals surface area contributed by atoms with Crippen LogP contribution in [0.25, 0.3) is 0 Å². The van der Waals surface area contributed by atoms with E-state index in [1.807, 2.05) is 6.07 Å². The lowest BCUT2D eigenvalue weighted by molar-refractivity contribution is 0.199. The van der Waals surface area contributed by atoms with Crippen LogP contribution in [-0.2, 0) is 12.0 Å². The zero-order valence-electron chi connectivity index (χ0n) is 12.6. The first kappa shape index (κ1) is 14.3. The summed E-state index contributed by atoms with van der Waals surface area (Å²) in [5.41, 5.74) is 10.6. The van der Waals surface area contributed by atoms with Crippen LogP contribution in [-0.4, -0.2) is 18.0 Å². The number of fused-ring (bicyclic) bond motifs is 1. The highest BCUT2D eigenvalue weighted by atomic mass is 35.5. The summed E-state index contributed by atoms with van der Waals surface area (Å²) in [7, 11) is 0. The van der Waals surface area contributed by atoms with Crippen molar-refractivity contribution in [2.75, 3.05) is 13.1 Å². The van der Waals surface area contributed by atoms with E-state index in [1.165, 1.54) is 29.5 Å². The highest BCUT2D eigenvalue weighted by Crippen LogP contribution is 2.50. The Morgan fingerprint density at radius 1 is 1.14 bits per heavy atom. The van der Waals surface area contributed by atoms with Crippen LogP contribution >= 0.6 is 11.6 Å². The van der Waals surface area contributed by atoms with Crippen molar-refractivity contribution in [3.05, 3.63) is 70.2 Å². The van der Waals surface area contributed by atoms with Gasteiger partial charge in [-0.05, 0) is 41.7 Å². The van der Waals surface area contributed by atoms with E-state index in [-0.39, 0.29) is 0 Å². The molecule has 2 nitrogen and oxygen atoms in total. The van der Waals surface area contributed by atoms with Crippen molar-refractivity contribution >= 4 is 11.6 Å². The van der Waals surface area contributed by atoms with Crippen molar-refractivity contribution in [2.24, 2.45) is 5.73 Å². The van der Waals surface area contributed by atoms with Gasteiger partial charge in [-0.1, -0.05) is 48.0 Å². The fourth-order valence-corrected chi connectivity index (χ4v) is 4.04. The number of hydrogen-bond donors (Lipinski definition) is 1. The van der Waals surface area contributed by atoms with Crippen LogP contribution in [0.5, 0.6) is 0 Å². The van der Waals surface area contributed by atoms with Crippen LogP contribution in [0.4, 0.5) is 0 Å². The van der Waals surface area contributed by atoms with Gasteiger partial charge in [-0.3, -0.25) is 4.90 Å². The lowest BCUT2D eigenvalue weighted by Gasteiger charge is -2.29. The molecular formula is C19H21ClN2. The maximum atomic E-state index is 6.18. The molecule has 0 radical (unpaired) electrons. The van der Waals surface area contributed by atoms with E-state index in [4.69, 9.17) is 17.3 Å². The molecule has 2 aromatic carbocycles. The van der Waals surface area contributed by atoms with Gasteiger partial charge in [-0.15, -0.1) is 0 Å². The highest BCUT2D eigenvalue weighted by Gasteiger charge is 2.47. The fraction of sp³-hybridized carbons (Fsp3) is 0.368. The minimum absolute atomic E-state index is 0.301. The van der Waals surface area contributed by atoms with Crippen LogP contribution in [0, 0.1) is 0 Å². The van der Waals surface area contributed by atoms with E-state index in [9.17, 15) is 0 Å². The topological polar surface area (TPSA) is 29.3 Å². The highest BCUT2D eigenvalue weighted by molar-refractivity contribution is 6.30. The Kier molecular flexibility index (Phi) is 3.48. The van der Waals surface area contributed by atoms with E-state index >= 15 is 0 Å². The van der Waals surface area contributed by atoms with E-state index in [2.05, 4.69) is 47.4 Å². The van der Waals surface area contributed by atoms with Gasteiger partial charge in [0.05, 0.1) is 0 Å². The standard InChI is InChI=1S/C19H21ClN2/c20-16-7-6-14-12-22(18(11-21)17(14)10-16)13-19(8-9-19)15-4-2-1-3-5-15/h1-7,10,18H,8-9,11-13,21H2. The first-order valence-electron chi connectivity index (χ1n) is 8.00. The van der Waals surface area contributed by atoms with Crippen molar-refractivity contribution in [3.63, 3.8) is 0 Å². The molecule has 22 heavy (non-hydrogen) atoms. The van der Waals surface area contributed by atoms with Gasteiger partial charge in [-0.25, -0.2) is 0 Å². The summed E-state index contributed by atoms with van der Waals surface area (Å²) >= 11 is 6.18. The number of hydrogen-bond acceptors (Lipinski definition) is 2. The van der Waals surface area contributed by atoms with Crippen LogP contribution in [0.2, 0.25) is 5.02 Å². The second kappa shape index (κ2) is 5.38. The first-order valence-corrected chi connectivity index (χ1v) is 8.38. The number of halogens is 1. The van der Waals surface area contributed by atoms with Crippen LogP contribution in [0.3, 0.4) is 0 Å². The molecule has 4 rings (SSSR count). The summed E-state index contributed by atoms with van der Waals surface area (Å²) in [6.07, 6.45) is 2.56. The third-order valence-corrected chi connectivity index (χ3v) is 5.48. The van der Waals surface area contributed by atoms with Crippen molar-refractivity contribution in [2.45, 2.75) is 30.8 Å². The molecule has 0 saturated heterocycles. The molecule has 1 unspecified atom stereocenters. The van der Waals surface area contributed by atoms with Gasteiger partial charge in [-0.2, -0.15) is 0 Å². The molecule has 1 atom stereocenters. The van der Waals surface area contributed by atoms with E-state index in [0.717, 1.165) is 18.1 Å². The molecule has 0 bridgehead atoms. The molecule has 2 aromatic rings. The lowest BCUT2D eigenvalue weighted by Crippen LogP contribution is -2.34. The Bertz CT molecular complexity index is 679. The van der Waals surface area contributed by atoms with Crippen LogP contribution < -0.4 is 5.73 Å². The average molecular weight is 313 g/mol. The molecular weight excluding hydrogens is 292 g/mol. The summed E-state index contributed by atoms with van der Waals surface area (Å²) in [5.74, 6) is 0. The Balaban J connectivity index is 1.60. The van der Waals surface area contributed by atoms with Gasteiger partial charge < -0.3 is 5.73 Å². The smallest absolute Gasteiger partial charge is 0.0478 e. The van der Waals surface area contributed by atoms with E-state index in [0.29, 0.717) is 18.0 Å². The minimum Gasteiger partial charge on any atom is -0.329 e. The Morgan fingerprint density at radius 3 is 2.59 bits per heavy atom. The number of rotatable bonds is 4. The summed E-state index contributed by atoms with van der Waals surface area (Å²) in [4.78, 5) is 2.54. The van der Waals surface area contributed by atoms with Crippen molar-refractivity contribution < 1.29 is 0 Å². The molecule has 1 aliphatic heterocycles. The first-order chi connectivity index (χ1) is 10.7. The van der Waals surface area contributed by atoms with Gasteiger partial charge in [0, 0.05) is 36.1 Å². The van der Waals surface area contributed by atoms with Crippen molar-refractivity contribution in [1.29, 1.82) is 0 Å². The van der Waals surface area contributed by atoms with Gasteiger partial charge >= 0.3 is 0 Å². The summed E-state index contributed by atoms with van der Waals surface area (Å²) in [5, 5.41) is 0.809. The molecule has 0 spiro atoms. The molecule has 1 saturated carbocycles. The Morgan fingerprint density at radius 2 is 1.91 bits per heavy atom. The summed E-state index contributed by atoms with van der Waals surface area (Å²) in [6, 6.07) is 17.5. The molecule has 0 aromatic heterocycles. The van der Waals surface area contributed by atoms with Crippen LogP contribution in [0.1, 0.15) is 35.6 Å². The Labute approximate surface area is 136 Å². The van der Waals surface area contributed by atoms with Gasteiger partial charge in [0.1, 0.15) is 0 Å². The summed E-state index contributed by atoms with van der Waals surface area (Å²) in [6.45, 7) is 2.73. The molecule has 3 heteroatoms. The molecule has 114 valence electrons. The second-order valence-electron chi connectivity index (χ2n) is 6.65. The number of benzene rings is 2. The molecule has 1 fully saturated rings. The normalized spacial score (nSPS) is 22.5. The predicted octanol–water partition coefficient (Wildman–Crippen LogP) is 3.89. The maximum Gasteiger partial charge on any atom is 0.0478 e. The minimum atomic E-state index is 0.301. The monoisotopic (exact) mass is 312 g/mol. The zero-order chi connectivity index (χ0) is 15.2. The molecule has 2 aliphatic rings. The SMILES string of the molecule is NCC1c2cc(Cl)ccc2CN1CC1(c2ccccc2)CC1. The third-order valence-electron chi connectivity index (χ3n) is 5.25. The zero-order valence-corrected chi connectivity index (χ0v) is 13.4. The molecule has 1 aliphatic carbocycles. The fourth-order valence-electron chi connectivity index (χ4n) is 3.86. The molecule has 2 N–H and O–H groups in total. The number of nitrogens with two attached hydrogens (primary N) is 1. The van der Waals surface area contributed by atoms with E-state index in [1.54, 1.807) is 0 Å². The van der Waals surface area contributed by atoms with Gasteiger partial charge in [0.25, 0.3) is 0 Å². The second-order valence-corrected chi connectivity index (χ2v) is 7.08. The van der Waals surface area contributed by atoms with Gasteiger partial charge in [0.2, 0.25) is 0 Å². The Hall–Kier alpha value is -1.35. The summed E-state index contributed by atoms with van der Waals surface area (Å²) < 4.78 is 0. The van der Waals surface area contributed by atoms with E-state index < -0.39 is 0 Å². The third kappa shape index (κ3) is 2.36. The predicted molar refractivity (Wildman–Crippen MR) is 91.0 cm³/mol. The maximum absolute atomic E-state index is 6.18. The number of nitrogens with zero attached hydrogens (tertiary/aromatic N) is 1. The van der Waals surface area contributed by atoms with Gasteiger partial charge in [0.15, 0.2) is 0 Å². The molecule has 0 amide bonds. The van der Waals surface area contributed by atoms with Crippen LogP contribution in [0.15, 0.2) is 48.5 Å². The van der Waals surface area contributed by atoms with Crippen molar-refractivity contribution in [1.82, 2.24) is 4.90 Å².